The summed E-state index contributed by atoms with van der Waals surface area (Å²) in [6.07, 6.45) is 11.8. The van der Waals surface area contributed by atoms with E-state index >= 15 is 0 Å². The molecule has 2 nitrogen and oxygen atoms in total. The third-order valence-corrected chi connectivity index (χ3v) is 3.87. The number of hydrogen-bond donors (Lipinski definition) is 1. The first-order valence-electron chi connectivity index (χ1n) is 7.86. The molecule has 0 rings (SSSR count). The van der Waals surface area contributed by atoms with E-state index in [4.69, 9.17) is 0 Å². The molecule has 18 heavy (non-hydrogen) atoms. The van der Waals surface area contributed by atoms with Crippen LogP contribution in [0.2, 0.25) is 0 Å². The van der Waals surface area contributed by atoms with Gasteiger partial charge < -0.3 is 5.11 Å². The van der Waals surface area contributed by atoms with Gasteiger partial charge in [-0.2, -0.15) is 0 Å². The molecule has 2 atom stereocenters. The number of carboxylic acid groups (broad SMARTS) is 1. The summed E-state index contributed by atoms with van der Waals surface area (Å²) in [5, 5.41) is 9.24. The zero-order valence-corrected chi connectivity index (χ0v) is 12.6. The summed E-state index contributed by atoms with van der Waals surface area (Å²) < 4.78 is 0. The molecule has 0 aromatic heterocycles. The van der Waals surface area contributed by atoms with E-state index in [2.05, 4.69) is 20.8 Å². The number of carbonyl (C=O) groups is 1. The summed E-state index contributed by atoms with van der Waals surface area (Å²) in [6.45, 7) is 6.44. The second-order valence-electron chi connectivity index (χ2n) is 5.62. The van der Waals surface area contributed by atoms with Gasteiger partial charge in [0, 0.05) is 0 Å². The standard InChI is InChI=1S/C16H32O2/c1-4-6-7-8-9-10-11-13-15(16(17)18)14(3)12-5-2/h14-15H,4-13H2,1-3H3,(H,17,18). The summed E-state index contributed by atoms with van der Waals surface area (Å²) in [6, 6.07) is 0. The first kappa shape index (κ1) is 17.5. The van der Waals surface area contributed by atoms with Gasteiger partial charge in [-0.3, -0.25) is 4.79 Å². The van der Waals surface area contributed by atoms with Crippen LogP contribution in [0.25, 0.3) is 0 Å². The number of rotatable bonds is 12. The van der Waals surface area contributed by atoms with Crippen LogP contribution >= 0.6 is 0 Å². The van der Waals surface area contributed by atoms with Crippen LogP contribution in [-0.2, 0) is 4.79 Å². The smallest absolute Gasteiger partial charge is 0.306 e. The molecule has 0 aromatic carbocycles. The summed E-state index contributed by atoms with van der Waals surface area (Å²) in [5.41, 5.74) is 0. The highest BCUT2D eigenvalue weighted by atomic mass is 16.4. The van der Waals surface area contributed by atoms with Crippen molar-refractivity contribution in [1.82, 2.24) is 0 Å². The maximum absolute atomic E-state index is 11.2. The maximum Gasteiger partial charge on any atom is 0.306 e. The second kappa shape index (κ2) is 11.6. The summed E-state index contributed by atoms with van der Waals surface area (Å²) >= 11 is 0. The average molecular weight is 256 g/mol. The molecular formula is C16H32O2. The van der Waals surface area contributed by atoms with Crippen LogP contribution in [0.4, 0.5) is 0 Å². The Hall–Kier alpha value is -0.530. The van der Waals surface area contributed by atoms with Crippen LogP contribution in [0.3, 0.4) is 0 Å². The lowest BCUT2D eigenvalue weighted by Crippen LogP contribution is -2.21. The van der Waals surface area contributed by atoms with E-state index in [1.54, 1.807) is 0 Å². The van der Waals surface area contributed by atoms with Gasteiger partial charge in [0.05, 0.1) is 5.92 Å². The van der Waals surface area contributed by atoms with Gasteiger partial charge in [0.25, 0.3) is 0 Å². The Morgan fingerprint density at radius 3 is 1.94 bits per heavy atom. The van der Waals surface area contributed by atoms with Crippen molar-refractivity contribution in [1.29, 1.82) is 0 Å². The molecule has 1 N–H and O–H groups in total. The third kappa shape index (κ3) is 8.54. The lowest BCUT2D eigenvalue weighted by Gasteiger charge is -2.19. The van der Waals surface area contributed by atoms with Crippen molar-refractivity contribution in [3.05, 3.63) is 0 Å². The van der Waals surface area contributed by atoms with E-state index in [0.29, 0.717) is 5.92 Å². The Labute approximate surface area is 113 Å². The first-order chi connectivity index (χ1) is 8.63. The SMILES string of the molecule is CCCCCCCCCC(C(=O)O)C(C)CCC. The van der Waals surface area contributed by atoms with E-state index in [9.17, 15) is 9.90 Å². The molecule has 0 spiro atoms. The zero-order valence-electron chi connectivity index (χ0n) is 12.6. The second-order valence-corrected chi connectivity index (χ2v) is 5.62. The van der Waals surface area contributed by atoms with Gasteiger partial charge in [-0.25, -0.2) is 0 Å². The highest BCUT2D eigenvalue weighted by Gasteiger charge is 2.23. The fourth-order valence-corrected chi connectivity index (χ4v) is 2.63. The minimum atomic E-state index is -0.595. The topological polar surface area (TPSA) is 37.3 Å². The average Bonchev–Trinajstić information content (AvgIpc) is 2.32. The highest BCUT2D eigenvalue weighted by molar-refractivity contribution is 5.70. The molecule has 0 radical (unpaired) electrons. The van der Waals surface area contributed by atoms with Gasteiger partial charge in [0.1, 0.15) is 0 Å². The highest BCUT2D eigenvalue weighted by Crippen LogP contribution is 2.23. The fourth-order valence-electron chi connectivity index (χ4n) is 2.63. The molecule has 0 amide bonds. The van der Waals surface area contributed by atoms with Gasteiger partial charge in [-0.05, 0) is 12.3 Å². The minimum absolute atomic E-state index is 0.124. The lowest BCUT2D eigenvalue weighted by molar-refractivity contribution is -0.143. The minimum Gasteiger partial charge on any atom is -0.481 e. The molecule has 0 aromatic rings. The van der Waals surface area contributed by atoms with Crippen molar-refractivity contribution in [2.24, 2.45) is 11.8 Å². The Morgan fingerprint density at radius 2 is 1.44 bits per heavy atom. The Balaban J connectivity index is 3.68. The van der Waals surface area contributed by atoms with Crippen LogP contribution in [0.15, 0.2) is 0 Å². The zero-order chi connectivity index (χ0) is 13.8. The van der Waals surface area contributed by atoms with Gasteiger partial charge in [-0.1, -0.05) is 78.6 Å². The molecule has 2 heteroatoms. The Bertz CT molecular complexity index is 201. The van der Waals surface area contributed by atoms with Crippen molar-refractivity contribution >= 4 is 5.97 Å². The molecule has 0 heterocycles. The number of hydrogen-bond acceptors (Lipinski definition) is 1. The van der Waals surface area contributed by atoms with Gasteiger partial charge in [0.15, 0.2) is 0 Å². The Morgan fingerprint density at radius 1 is 0.889 bits per heavy atom. The summed E-state index contributed by atoms with van der Waals surface area (Å²) in [4.78, 5) is 11.2. The van der Waals surface area contributed by atoms with Crippen LogP contribution in [0.1, 0.15) is 85.0 Å². The van der Waals surface area contributed by atoms with E-state index < -0.39 is 5.97 Å². The number of aliphatic carboxylic acids is 1. The largest absolute Gasteiger partial charge is 0.481 e. The molecule has 0 aliphatic heterocycles. The van der Waals surface area contributed by atoms with Gasteiger partial charge >= 0.3 is 5.97 Å². The van der Waals surface area contributed by atoms with E-state index in [1.807, 2.05) is 0 Å². The van der Waals surface area contributed by atoms with Crippen LogP contribution in [0, 0.1) is 11.8 Å². The molecule has 0 saturated heterocycles. The maximum atomic E-state index is 11.2. The summed E-state index contributed by atoms with van der Waals surface area (Å²) in [7, 11) is 0. The third-order valence-electron chi connectivity index (χ3n) is 3.87. The van der Waals surface area contributed by atoms with Crippen molar-refractivity contribution in [3.63, 3.8) is 0 Å². The molecular weight excluding hydrogens is 224 g/mol. The van der Waals surface area contributed by atoms with Crippen molar-refractivity contribution in [3.8, 4) is 0 Å². The Kier molecular flexibility index (Phi) is 11.2. The molecule has 0 fully saturated rings. The normalized spacial score (nSPS) is 14.4. The predicted octanol–water partition coefficient (Wildman–Crippen LogP) is 5.26. The summed E-state index contributed by atoms with van der Waals surface area (Å²) in [5.74, 6) is -0.393. The predicted molar refractivity (Wildman–Crippen MR) is 77.8 cm³/mol. The van der Waals surface area contributed by atoms with Crippen LogP contribution < -0.4 is 0 Å². The first-order valence-corrected chi connectivity index (χ1v) is 7.86. The molecule has 0 aliphatic carbocycles. The van der Waals surface area contributed by atoms with E-state index in [-0.39, 0.29) is 5.92 Å². The monoisotopic (exact) mass is 256 g/mol. The van der Waals surface area contributed by atoms with Crippen molar-refractivity contribution < 1.29 is 9.90 Å². The van der Waals surface area contributed by atoms with Crippen LogP contribution in [0.5, 0.6) is 0 Å². The fraction of sp³-hybridized carbons (Fsp3) is 0.938. The van der Waals surface area contributed by atoms with Gasteiger partial charge in [-0.15, -0.1) is 0 Å². The van der Waals surface area contributed by atoms with E-state index in [1.165, 1.54) is 38.5 Å². The lowest BCUT2D eigenvalue weighted by atomic mass is 9.86. The quantitative estimate of drug-likeness (QED) is 0.483. The van der Waals surface area contributed by atoms with Gasteiger partial charge in [0.2, 0.25) is 0 Å². The molecule has 0 aliphatic rings. The van der Waals surface area contributed by atoms with Crippen LogP contribution in [-0.4, -0.2) is 11.1 Å². The van der Waals surface area contributed by atoms with E-state index in [0.717, 1.165) is 25.7 Å². The number of carboxylic acids is 1. The van der Waals surface area contributed by atoms with Crippen molar-refractivity contribution in [2.45, 2.75) is 85.0 Å². The van der Waals surface area contributed by atoms with Crippen molar-refractivity contribution in [2.75, 3.05) is 0 Å². The molecule has 0 bridgehead atoms. The molecule has 0 saturated carbocycles. The molecule has 2 unspecified atom stereocenters. The molecule has 108 valence electrons. The number of unbranched alkanes of at least 4 members (excludes halogenated alkanes) is 6.